The smallest absolute Gasteiger partial charge is 0.343 e. The molecule has 0 saturated heterocycles. The van der Waals surface area contributed by atoms with Crippen molar-refractivity contribution in [3.63, 3.8) is 0 Å². The van der Waals surface area contributed by atoms with Crippen LogP contribution in [0.5, 0.6) is 5.75 Å². The predicted octanol–water partition coefficient (Wildman–Crippen LogP) is 2.72. The predicted molar refractivity (Wildman–Crippen MR) is 134 cm³/mol. The second kappa shape index (κ2) is 10.4. The van der Waals surface area contributed by atoms with Crippen molar-refractivity contribution in [2.24, 2.45) is 16.5 Å². The molecule has 1 heterocycles. The lowest BCUT2D eigenvalue weighted by Crippen LogP contribution is -2.42. The maximum Gasteiger partial charge on any atom is 0.343 e. The molecule has 182 valence electrons. The molecule has 0 saturated carbocycles. The molecule has 10 nitrogen and oxygen atoms in total. The van der Waals surface area contributed by atoms with Crippen molar-refractivity contribution in [2.75, 3.05) is 0 Å². The summed E-state index contributed by atoms with van der Waals surface area (Å²) in [4.78, 5) is 43.9. The first kappa shape index (κ1) is 24.0. The molecule has 0 unspecified atom stereocenters. The number of carbonyl (C=O) groups is 3. The fraction of sp³-hybridized carbons (Fsp3) is 0.0769. The third kappa shape index (κ3) is 5.68. The summed E-state index contributed by atoms with van der Waals surface area (Å²) in [7, 11) is 0. The van der Waals surface area contributed by atoms with Crippen LogP contribution in [-0.2, 0) is 11.2 Å². The minimum atomic E-state index is -1.13. The van der Waals surface area contributed by atoms with E-state index in [4.69, 9.17) is 16.2 Å². The number of carboxylic acid groups (broad SMARTS) is 1. The Balaban J connectivity index is 1.46. The number of aliphatic carboxylic acids is 1. The summed E-state index contributed by atoms with van der Waals surface area (Å²) >= 11 is 0. The molecule has 7 N–H and O–H groups in total. The molecule has 0 fully saturated rings. The van der Waals surface area contributed by atoms with Crippen molar-refractivity contribution >= 4 is 40.4 Å². The topological polar surface area (TPSA) is 173 Å². The number of benzene rings is 3. The number of carboxylic acids is 1. The van der Waals surface area contributed by atoms with E-state index in [1.807, 2.05) is 18.2 Å². The van der Waals surface area contributed by atoms with E-state index < -0.39 is 23.9 Å². The molecule has 4 rings (SSSR count). The number of nitrogens with zero attached hydrogens (tertiary/aromatic N) is 1. The van der Waals surface area contributed by atoms with E-state index >= 15 is 0 Å². The third-order valence-electron chi connectivity index (χ3n) is 5.36. The Labute approximate surface area is 205 Å². The summed E-state index contributed by atoms with van der Waals surface area (Å²) in [6.45, 7) is 0. The molecule has 0 aliphatic rings. The summed E-state index contributed by atoms with van der Waals surface area (Å²) < 4.78 is 5.44. The van der Waals surface area contributed by atoms with E-state index in [0.717, 1.165) is 5.56 Å². The molecule has 0 aliphatic carbocycles. The van der Waals surface area contributed by atoms with E-state index in [0.29, 0.717) is 22.2 Å². The van der Waals surface area contributed by atoms with Crippen LogP contribution in [0.4, 0.5) is 5.69 Å². The van der Waals surface area contributed by atoms with Crippen molar-refractivity contribution in [3.8, 4) is 5.75 Å². The minimum absolute atomic E-state index is 0.0905. The van der Waals surface area contributed by atoms with Crippen molar-refractivity contribution in [2.45, 2.75) is 12.5 Å². The zero-order valence-corrected chi connectivity index (χ0v) is 19.0. The van der Waals surface area contributed by atoms with Crippen LogP contribution in [0.2, 0.25) is 0 Å². The number of esters is 1. The highest BCUT2D eigenvalue weighted by Crippen LogP contribution is 2.24. The fourth-order valence-electron chi connectivity index (χ4n) is 3.63. The lowest BCUT2D eigenvalue weighted by atomic mass is 10.1. The van der Waals surface area contributed by atoms with Gasteiger partial charge in [0.1, 0.15) is 11.8 Å². The molecular weight excluding hydrogens is 462 g/mol. The number of aliphatic imine (C=N–C) groups is 1. The van der Waals surface area contributed by atoms with Gasteiger partial charge in [-0.3, -0.25) is 4.79 Å². The maximum atomic E-state index is 12.9. The minimum Gasteiger partial charge on any atom is -0.480 e. The number of H-pyrrole nitrogens is 1. The molecule has 4 aromatic rings. The van der Waals surface area contributed by atoms with Crippen molar-refractivity contribution in [3.05, 3.63) is 95.7 Å². The van der Waals surface area contributed by atoms with Crippen molar-refractivity contribution < 1.29 is 24.2 Å². The number of rotatable bonds is 8. The van der Waals surface area contributed by atoms with Gasteiger partial charge in [-0.1, -0.05) is 30.3 Å². The number of nitrogens with one attached hydrogen (secondary N) is 2. The summed E-state index contributed by atoms with van der Waals surface area (Å²) in [5, 5.41) is 12.7. The number of ether oxygens (including phenoxy) is 1. The second-order valence-electron chi connectivity index (χ2n) is 7.94. The Hall–Kier alpha value is -5.12. The van der Waals surface area contributed by atoms with Gasteiger partial charge >= 0.3 is 11.9 Å². The molecule has 0 radical (unpaired) electrons. The Kier molecular flexibility index (Phi) is 6.96. The van der Waals surface area contributed by atoms with E-state index in [1.165, 1.54) is 18.3 Å². The standard InChI is InChI=1S/C26H23N5O5/c27-26(28)30-17-8-6-16(7-9-17)25(35)36-18-10-11-19-20(14-29-21(19)13-18)23(32)31-22(24(33)34)12-15-4-2-1-3-5-15/h1-11,13-14,22,29H,12H2,(H,31,32)(H,33,34)(H4,27,28,30)/t22-/m0/s1. The average molecular weight is 486 g/mol. The van der Waals surface area contributed by atoms with Crippen LogP contribution >= 0.6 is 0 Å². The first-order valence-corrected chi connectivity index (χ1v) is 10.9. The van der Waals surface area contributed by atoms with Gasteiger partial charge in [0, 0.05) is 29.6 Å². The maximum absolute atomic E-state index is 12.9. The van der Waals surface area contributed by atoms with Crippen molar-refractivity contribution in [1.82, 2.24) is 10.3 Å². The quantitative estimate of drug-likeness (QED) is 0.110. The highest BCUT2D eigenvalue weighted by molar-refractivity contribution is 6.08. The molecule has 0 spiro atoms. The third-order valence-corrected chi connectivity index (χ3v) is 5.36. The van der Waals surface area contributed by atoms with Gasteiger partial charge in [0.25, 0.3) is 5.91 Å². The van der Waals surface area contributed by atoms with Gasteiger partial charge in [-0.25, -0.2) is 14.6 Å². The molecule has 3 aromatic carbocycles. The monoisotopic (exact) mass is 485 g/mol. The number of aromatic nitrogens is 1. The van der Waals surface area contributed by atoms with Crippen LogP contribution in [0.15, 0.2) is 84.0 Å². The van der Waals surface area contributed by atoms with Gasteiger partial charge in [-0.15, -0.1) is 0 Å². The first-order chi connectivity index (χ1) is 17.3. The zero-order chi connectivity index (χ0) is 25.7. The summed E-state index contributed by atoms with van der Waals surface area (Å²) in [6, 6.07) is 18.9. The normalized spacial score (nSPS) is 11.4. The molecule has 10 heteroatoms. The van der Waals surface area contributed by atoms with Gasteiger partial charge in [-0.05, 0) is 42.0 Å². The van der Waals surface area contributed by atoms with Crippen LogP contribution in [0.25, 0.3) is 10.9 Å². The highest BCUT2D eigenvalue weighted by Gasteiger charge is 2.23. The van der Waals surface area contributed by atoms with E-state index in [1.54, 1.807) is 42.5 Å². The molecule has 1 amide bonds. The van der Waals surface area contributed by atoms with Gasteiger partial charge in [0.05, 0.1) is 16.8 Å². The average Bonchev–Trinajstić information content (AvgIpc) is 3.27. The highest BCUT2D eigenvalue weighted by atomic mass is 16.5. The number of nitrogens with two attached hydrogens (primary N) is 2. The van der Waals surface area contributed by atoms with E-state index in [-0.39, 0.29) is 23.7 Å². The van der Waals surface area contributed by atoms with Crippen LogP contribution in [0.1, 0.15) is 26.3 Å². The van der Waals surface area contributed by atoms with Crippen LogP contribution in [0.3, 0.4) is 0 Å². The number of aromatic amines is 1. The van der Waals surface area contributed by atoms with Crippen LogP contribution in [0, 0.1) is 0 Å². The Morgan fingerprint density at radius 2 is 1.72 bits per heavy atom. The van der Waals surface area contributed by atoms with E-state index in [9.17, 15) is 19.5 Å². The van der Waals surface area contributed by atoms with Gasteiger partial charge < -0.3 is 31.6 Å². The molecule has 1 atom stereocenters. The largest absolute Gasteiger partial charge is 0.480 e. The summed E-state index contributed by atoms with van der Waals surface area (Å²) in [6.07, 6.45) is 1.63. The summed E-state index contributed by atoms with van der Waals surface area (Å²) in [5.41, 5.74) is 13.1. The van der Waals surface area contributed by atoms with E-state index in [2.05, 4.69) is 15.3 Å². The Morgan fingerprint density at radius 3 is 2.39 bits per heavy atom. The van der Waals surface area contributed by atoms with Crippen molar-refractivity contribution in [1.29, 1.82) is 0 Å². The number of amides is 1. The SMILES string of the molecule is NC(N)=Nc1ccc(C(=O)Oc2ccc3c(C(=O)N[C@@H](Cc4ccccc4)C(=O)O)c[nH]c3c2)cc1. The molecule has 1 aromatic heterocycles. The van der Waals surface area contributed by atoms with Crippen LogP contribution in [-0.4, -0.2) is 39.9 Å². The molecule has 0 bridgehead atoms. The number of hydrogen-bond donors (Lipinski definition) is 5. The number of hydrogen-bond acceptors (Lipinski definition) is 5. The lowest BCUT2D eigenvalue weighted by molar-refractivity contribution is -0.139. The summed E-state index contributed by atoms with van der Waals surface area (Å²) in [5.74, 6) is -2.07. The molecular formula is C26H23N5O5. The number of guanidine groups is 1. The number of fused-ring (bicyclic) bond motifs is 1. The molecule has 36 heavy (non-hydrogen) atoms. The number of carbonyl (C=O) groups excluding carboxylic acids is 2. The lowest BCUT2D eigenvalue weighted by Gasteiger charge is -2.14. The Morgan fingerprint density at radius 1 is 1.00 bits per heavy atom. The van der Waals surface area contributed by atoms with Crippen LogP contribution < -0.4 is 21.5 Å². The fourth-order valence-corrected chi connectivity index (χ4v) is 3.63. The second-order valence-corrected chi connectivity index (χ2v) is 7.94. The zero-order valence-electron chi connectivity index (χ0n) is 19.0. The Bertz CT molecular complexity index is 1440. The van der Waals surface area contributed by atoms with Gasteiger partial charge in [0.15, 0.2) is 5.96 Å². The van der Waals surface area contributed by atoms with Gasteiger partial charge in [-0.2, -0.15) is 0 Å². The first-order valence-electron chi connectivity index (χ1n) is 10.9. The van der Waals surface area contributed by atoms with Gasteiger partial charge in [0.2, 0.25) is 0 Å². The molecule has 0 aliphatic heterocycles.